The Balaban J connectivity index is 2.03. The molecule has 2 heterocycles. The van der Waals surface area contributed by atoms with Crippen LogP contribution < -0.4 is 5.32 Å². The van der Waals surface area contributed by atoms with E-state index in [1.807, 2.05) is 31.2 Å². The quantitative estimate of drug-likeness (QED) is 0.675. The van der Waals surface area contributed by atoms with Gasteiger partial charge in [-0.1, -0.05) is 18.2 Å². The third-order valence-corrected chi connectivity index (χ3v) is 3.35. The van der Waals surface area contributed by atoms with Gasteiger partial charge in [-0.15, -0.1) is 0 Å². The van der Waals surface area contributed by atoms with Crippen molar-refractivity contribution in [2.75, 3.05) is 0 Å². The van der Waals surface area contributed by atoms with Crippen molar-refractivity contribution in [3.05, 3.63) is 35.5 Å². The highest BCUT2D eigenvalue weighted by Gasteiger charge is 2.28. The molecule has 0 bridgehead atoms. The van der Waals surface area contributed by atoms with Crippen LogP contribution in [0.3, 0.4) is 0 Å². The van der Waals surface area contributed by atoms with Gasteiger partial charge in [-0.05, 0) is 18.6 Å². The number of para-hydroxylation sites is 1. The Labute approximate surface area is 104 Å². The average Bonchev–Trinajstić information content (AvgIpc) is 2.68. The van der Waals surface area contributed by atoms with Crippen molar-refractivity contribution in [2.24, 2.45) is 0 Å². The lowest BCUT2D eigenvalue weighted by Crippen LogP contribution is -2.41. The van der Waals surface area contributed by atoms with Crippen LogP contribution in [-0.4, -0.2) is 22.5 Å². The molecule has 2 aromatic rings. The van der Waals surface area contributed by atoms with Crippen LogP contribution >= 0.6 is 0 Å². The van der Waals surface area contributed by atoms with E-state index in [9.17, 15) is 4.79 Å². The molecule has 1 aromatic carbocycles. The summed E-state index contributed by atoms with van der Waals surface area (Å²) in [6.45, 7) is 1.99. The van der Waals surface area contributed by atoms with Crippen molar-refractivity contribution in [3.63, 3.8) is 0 Å². The van der Waals surface area contributed by atoms with E-state index in [1.165, 1.54) is 0 Å². The number of hydrogen-bond donors (Lipinski definition) is 3. The van der Waals surface area contributed by atoms with Crippen molar-refractivity contribution in [3.8, 4) is 0 Å². The van der Waals surface area contributed by atoms with Crippen molar-refractivity contribution in [2.45, 2.75) is 25.6 Å². The fourth-order valence-electron chi connectivity index (χ4n) is 2.61. The van der Waals surface area contributed by atoms with Gasteiger partial charge in [0.05, 0.1) is 0 Å². The Morgan fingerprint density at radius 3 is 3.00 bits per heavy atom. The number of aromatic nitrogens is 1. The first-order valence-electron chi connectivity index (χ1n) is 5.90. The third kappa shape index (κ3) is 1.73. The van der Waals surface area contributed by atoms with Gasteiger partial charge in [-0.3, -0.25) is 5.32 Å². The lowest BCUT2D eigenvalue weighted by molar-refractivity contribution is 0.0284. The van der Waals surface area contributed by atoms with E-state index in [0.717, 1.165) is 22.2 Å². The van der Waals surface area contributed by atoms with Gasteiger partial charge < -0.3 is 14.8 Å². The van der Waals surface area contributed by atoms with Crippen LogP contribution in [0.2, 0.25) is 0 Å². The van der Waals surface area contributed by atoms with E-state index < -0.39 is 12.4 Å². The molecule has 0 spiro atoms. The van der Waals surface area contributed by atoms with Gasteiger partial charge >= 0.3 is 6.16 Å². The summed E-state index contributed by atoms with van der Waals surface area (Å²) < 4.78 is 4.83. The fraction of sp³-hybridized carbons (Fsp3) is 0.308. The van der Waals surface area contributed by atoms with Crippen molar-refractivity contribution < 1.29 is 14.6 Å². The first kappa shape index (κ1) is 11.1. The monoisotopic (exact) mass is 246 g/mol. The molecule has 94 valence electrons. The average molecular weight is 246 g/mol. The largest absolute Gasteiger partial charge is 0.507 e. The molecule has 0 saturated carbocycles. The predicted molar refractivity (Wildman–Crippen MR) is 66.5 cm³/mol. The molecule has 1 aromatic heterocycles. The summed E-state index contributed by atoms with van der Waals surface area (Å²) in [7, 11) is 0. The van der Waals surface area contributed by atoms with E-state index in [4.69, 9.17) is 9.84 Å². The molecule has 0 fully saturated rings. The number of benzene rings is 1. The molecule has 3 rings (SSSR count). The Kier molecular flexibility index (Phi) is 2.48. The summed E-state index contributed by atoms with van der Waals surface area (Å²) in [6.07, 6.45) is -1.18. The smallest absolute Gasteiger partial charge is 0.450 e. The summed E-state index contributed by atoms with van der Waals surface area (Å²) in [5.74, 6) is 0. The first-order valence-corrected chi connectivity index (χ1v) is 5.90. The molecule has 2 atom stereocenters. The highest BCUT2D eigenvalue weighted by atomic mass is 16.7. The fourth-order valence-corrected chi connectivity index (χ4v) is 2.61. The maximum Gasteiger partial charge on any atom is 0.507 e. The highest BCUT2D eigenvalue weighted by molar-refractivity contribution is 5.85. The van der Waals surface area contributed by atoms with Crippen LogP contribution in [0.4, 0.5) is 4.79 Å². The molecule has 1 aliphatic heterocycles. The minimum atomic E-state index is -1.25. The number of hydrogen-bond acceptors (Lipinski definition) is 3. The Morgan fingerprint density at radius 2 is 2.22 bits per heavy atom. The van der Waals surface area contributed by atoms with Crippen molar-refractivity contribution in [1.29, 1.82) is 0 Å². The number of H-pyrrole nitrogens is 1. The summed E-state index contributed by atoms with van der Waals surface area (Å²) in [4.78, 5) is 14.0. The van der Waals surface area contributed by atoms with Gasteiger partial charge in [0.1, 0.15) is 0 Å². The summed E-state index contributed by atoms with van der Waals surface area (Å²) in [6, 6.07) is 8.07. The van der Waals surface area contributed by atoms with Gasteiger partial charge in [0, 0.05) is 29.1 Å². The van der Waals surface area contributed by atoms with Crippen molar-refractivity contribution in [1.82, 2.24) is 10.3 Å². The number of nitrogens with one attached hydrogen (secondary N) is 2. The van der Waals surface area contributed by atoms with Crippen LogP contribution in [0.25, 0.3) is 10.9 Å². The standard InChI is InChI=1S/C13H14N2O3/c1-7-12-9(6-11(14-7)18-13(16)17)8-4-2-3-5-10(8)15-12/h2-5,7,11,14-15H,6H2,1H3,(H,16,17). The maximum absolute atomic E-state index is 10.6. The third-order valence-electron chi connectivity index (χ3n) is 3.35. The zero-order chi connectivity index (χ0) is 12.7. The number of fused-ring (bicyclic) bond motifs is 3. The topological polar surface area (TPSA) is 74.3 Å². The van der Waals surface area contributed by atoms with E-state index in [1.54, 1.807) is 0 Å². The normalized spacial score (nSPS) is 22.7. The molecule has 0 saturated heterocycles. The Bertz CT molecular complexity index is 605. The zero-order valence-electron chi connectivity index (χ0n) is 9.93. The summed E-state index contributed by atoms with van der Waals surface area (Å²) in [5, 5.41) is 13.0. The SMILES string of the molecule is CC1NC(OC(=O)O)Cc2c1[nH]c1ccccc21. The lowest BCUT2D eigenvalue weighted by atomic mass is 9.99. The van der Waals surface area contributed by atoms with Gasteiger partial charge in [0.25, 0.3) is 0 Å². The second-order valence-electron chi connectivity index (χ2n) is 4.53. The number of carboxylic acid groups (broad SMARTS) is 1. The van der Waals surface area contributed by atoms with Crippen LogP contribution in [0.5, 0.6) is 0 Å². The molecule has 18 heavy (non-hydrogen) atoms. The minimum absolute atomic E-state index is 0.0468. The first-order chi connectivity index (χ1) is 8.65. The highest BCUT2D eigenvalue weighted by Crippen LogP contribution is 2.31. The molecule has 0 radical (unpaired) electrons. The second-order valence-corrected chi connectivity index (χ2v) is 4.53. The van der Waals surface area contributed by atoms with Crippen LogP contribution in [0, 0.1) is 0 Å². The number of carbonyl (C=O) groups is 1. The van der Waals surface area contributed by atoms with E-state index in [0.29, 0.717) is 6.42 Å². The molecular weight excluding hydrogens is 232 g/mol. The van der Waals surface area contributed by atoms with E-state index in [-0.39, 0.29) is 6.04 Å². The number of ether oxygens (including phenoxy) is 1. The number of aromatic amines is 1. The van der Waals surface area contributed by atoms with Crippen molar-refractivity contribution >= 4 is 17.1 Å². The van der Waals surface area contributed by atoms with Crippen LogP contribution in [-0.2, 0) is 11.2 Å². The van der Waals surface area contributed by atoms with Gasteiger partial charge in [-0.2, -0.15) is 0 Å². The van der Waals surface area contributed by atoms with Crippen LogP contribution in [0.15, 0.2) is 24.3 Å². The van der Waals surface area contributed by atoms with Crippen LogP contribution in [0.1, 0.15) is 24.2 Å². The molecule has 0 aliphatic carbocycles. The molecule has 5 nitrogen and oxygen atoms in total. The van der Waals surface area contributed by atoms with Gasteiger partial charge in [0.2, 0.25) is 0 Å². The minimum Gasteiger partial charge on any atom is -0.450 e. The number of rotatable bonds is 1. The molecule has 0 amide bonds. The molecule has 3 N–H and O–H groups in total. The summed E-state index contributed by atoms with van der Waals surface area (Å²) in [5.41, 5.74) is 3.33. The zero-order valence-corrected chi connectivity index (χ0v) is 9.93. The molecule has 1 aliphatic rings. The van der Waals surface area contributed by atoms with Gasteiger partial charge in [-0.25, -0.2) is 4.79 Å². The predicted octanol–water partition coefficient (Wildman–Crippen LogP) is 2.40. The van der Waals surface area contributed by atoms with Gasteiger partial charge in [0.15, 0.2) is 6.23 Å². The molecular formula is C13H14N2O3. The Hall–Kier alpha value is -2.01. The van der Waals surface area contributed by atoms with E-state index in [2.05, 4.69) is 10.3 Å². The molecule has 5 heteroatoms. The Morgan fingerprint density at radius 1 is 1.44 bits per heavy atom. The van der Waals surface area contributed by atoms with E-state index >= 15 is 0 Å². The second kappa shape index (κ2) is 4.03. The maximum atomic E-state index is 10.6. The molecule has 2 unspecified atom stereocenters. The summed E-state index contributed by atoms with van der Waals surface area (Å²) >= 11 is 0. The lowest BCUT2D eigenvalue weighted by Gasteiger charge is -2.27.